The summed E-state index contributed by atoms with van der Waals surface area (Å²) in [5.41, 5.74) is 4.06. The Morgan fingerprint density at radius 2 is 1.70 bits per heavy atom. The Labute approximate surface area is 172 Å². The highest BCUT2D eigenvalue weighted by molar-refractivity contribution is 6.07. The number of hydrogen-bond acceptors (Lipinski definition) is 4. The second-order valence-corrected chi connectivity index (χ2v) is 7.26. The molecule has 5 nitrogen and oxygen atoms in total. The summed E-state index contributed by atoms with van der Waals surface area (Å²) in [5.74, 6) is 0.652. The molecule has 2 N–H and O–H groups in total. The topological polar surface area (TPSA) is 75.5 Å². The fourth-order valence-electron chi connectivity index (χ4n) is 3.89. The summed E-state index contributed by atoms with van der Waals surface area (Å²) in [7, 11) is 1.62. The minimum absolute atomic E-state index is 0.0842. The summed E-state index contributed by atoms with van der Waals surface area (Å²) < 4.78 is 10.8. The van der Waals surface area contributed by atoms with E-state index in [1.165, 1.54) is 0 Å². The van der Waals surface area contributed by atoms with Crippen LogP contribution < -0.4 is 10.4 Å². The molecule has 5 heteroatoms. The van der Waals surface area contributed by atoms with Crippen LogP contribution in [0.25, 0.3) is 44.3 Å². The fraction of sp³-hybridized carbons (Fsp3) is 0.0800. The van der Waals surface area contributed by atoms with Gasteiger partial charge in [0.2, 0.25) is 0 Å². The van der Waals surface area contributed by atoms with Gasteiger partial charge in [-0.1, -0.05) is 23.8 Å². The Balaban J connectivity index is 1.89. The van der Waals surface area contributed by atoms with Crippen LogP contribution in [0.5, 0.6) is 11.5 Å². The third-order valence-corrected chi connectivity index (χ3v) is 5.37. The van der Waals surface area contributed by atoms with Gasteiger partial charge in [0.05, 0.1) is 18.2 Å². The van der Waals surface area contributed by atoms with Gasteiger partial charge in [0, 0.05) is 16.5 Å². The van der Waals surface area contributed by atoms with Gasteiger partial charge in [0.1, 0.15) is 22.6 Å². The summed E-state index contributed by atoms with van der Waals surface area (Å²) in [6, 6.07) is 20.5. The van der Waals surface area contributed by atoms with E-state index in [9.17, 15) is 9.90 Å². The predicted octanol–water partition coefficient (Wildman–Crippen LogP) is 5.63. The smallest absolute Gasteiger partial charge is 0.348 e. The molecule has 0 bridgehead atoms. The zero-order valence-corrected chi connectivity index (χ0v) is 16.5. The normalized spacial score (nSPS) is 11.3. The van der Waals surface area contributed by atoms with Crippen molar-refractivity contribution in [3.8, 4) is 33.9 Å². The van der Waals surface area contributed by atoms with Crippen molar-refractivity contribution in [2.75, 3.05) is 7.11 Å². The first-order valence-electron chi connectivity index (χ1n) is 9.59. The average Bonchev–Trinajstić information content (AvgIpc) is 3.12. The van der Waals surface area contributed by atoms with E-state index in [1.807, 2.05) is 49.4 Å². The number of fused-ring (bicyclic) bond motifs is 2. The minimum Gasteiger partial charge on any atom is -0.506 e. The number of nitrogens with one attached hydrogen (secondary N) is 1. The second kappa shape index (κ2) is 6.81. The third kappa shape index (κ3) is 2.75. The molecule has 0 aliphatic heterocycles. The van der Waals surface area contributed by atoms with Crippen LogP contribution in [0.3, 0.4) is 0 Å². The molecule has 5 rings (SSSR count). The molecule has 0 spiro atoms. The number of benzene rings is 3. The van der Waals surface area contributed by atoms with Crippen molar-refractivity contribution in [3.63, 3.8) is 0 Å². The summed E-state index contributed by atoms with van der Waals surface area (Å²) >= 11 is 0. The molecule has 2 aromatic heterocycles. The summed E-state index contributed by atoms with van der Waals surface area (Å²) in [6.07, 6.45) is 0. The Morgan fingerprint density at radius 1 is 0.933 bits per heavy atom. The average molecular weight is 397 g/mol. The lowest BCUT2D eigenvalue weighted by Gasteiger charge is -2.09. The molecule has 2 heterocycles. The fourth-order valence-corrected chi connectivity index (χ4v) is 3.89. The minimum atomic E-state index is -0.580. The van der Waals surface area contributed by atoms with Gasteiger partial charge in [-0.2, -0.15) is 0 Å². The van der Waals surface area contributed by atoms with E-state index in [1.54, 1.807) is 31.4 Å². The predicted molar refractivity (Wildman–Crippen MR) is 118 cm³/mol. The van der Waals surface area contributed by atoms with Crippen LogP contribution in [0, 0.1) is 6.92 Å². The van der Waals surface area contributed by atoms with E-state index < -0.39 is 5.63 Å². The van der Waals surface area contributed by atoms with Crippen molar-refractivity contribution in [1.82, 2.24) is 4.98 Å². The van der Waals surface area contributed by atoms with Crippen LogP contribution in [0.4, 0.5) is 0 Å². The van der Waals surface area contributed by atoms with Crippen LogP contribution in [0.2, 0.25) is 0 Å². The van der Waals surface area contributed by atoms with Crippen LogP contribution in [-0.4, -0.2) is 17.2 Å². The van der Waals surface area contributed by atoms with E-state index >= 15 is 0 Å². The third-order valence-electron chi connectivity index (χ3n) is 5.37. The molecule has 0 saturated heterocycles. The quantitative estimate of drug-likeness (QED) is 0.387. The highest BCUT2D eigenvalue weighted by atomic mass is 16.5. The molecular formula is C25H19NO4. The molecular weight excluding hydrogens is 378 g/mol. The highest BCUT2D eigenvalue weighted by Crippen LogP contribution is 2.42. The van der Waals surface area contributed by atoms with Crippen molar-refractivity contribution >= 4 is 21.9 Å². The van der Waals surface area contributed by atoms with Gasteiger partial charge in [0.15, 0.2) is 0 Å². The van der Waals surface area contributed by atoms with Crippen LogP contribution in [0.1, 0.15) is 5.56 Å². The first-order valence-corrected chi connectivity index (χ1v) is 9.59. The lowest BCUT2D eigenvalue weighted by molar-refractivity contribution is 0.415. The molecule has 0 atom stereocenters. The molecule has 0 unspecified atom stereocenters. The number of aryl methyl sites for hydroxylation is 1. The van der Waals surface area contributed by atoms with Gasteiger partial charge in [-0.05, 0) is 61.0 Å². The molecule has 0 radical (unpaired) electrons. The van der Waals surface area contributed by atoms with E-state index in [0.29, 0.717) is 16.5 Å². The van der Waals surface area contributed by atoms with E-state index in [2.05, 4.69) is 4.98 Å². The summed E-state index contributed by atoms with van der Waals surface area (Å²) in [4.78, 5) is 16.4. The highest BCUT2D eigenvalue weighted by Gasteiger charge is 2.23. The number of para-hydroxylation sites is 1. The molecule has 0 aliphatic carbocycles. The molecule has 5 aromatic rings. The van der Waals surface area contributed by atoms with E-state index in [-0.39, 0.29) is 11.3 Å². The zero-order valence-electron chi connectivity index (χ0n) is 16.5. The molecule has 0 aliphatic rings. The van der Waals surface area contributed by atoms with Crippen molar-refractivity contribution in [1.29, 1.82) is 0 Å². The van der Waals surface area contributed by atoms with Gasteiger partial charge < -0.3 is 19.2 Å². The molecule has 3 aromatic carbocycles. The molecule has 0 amide bonds. The number of H-pyrrole nitrogens is 1. The van der Waals surface area contributed by atoms with Gasteiger partial charge in [-0.3, -0.25) is 0 Å². The molecule has 0 fully saturated rings. The standard InChI is InChI=1S/C25H19NO4/c1-14-7-12-19-18(13-14)21(23(26-19)15-8-10-16(29-2)11-9-15)22-24(27)17-5-3-4-6-20(17)30-25(22)28/h3-13,26-27H,1-2H3. The number of ether oxygens (including phenoxy) is 1. The zero-order chi connectivity index (χ0) is 20.8. The Morgan fingerprint density at radius 3 is 2.47 bits per heavy atom. The van der Waals surface area contributed by atoms with Crippen molar-refractivity contribution in [2.24, 2.45) is 0 Å². The SMILES string of the molecule is COc1ccc(-c2[nH]c3ccc(C)cc3c2-c2c(O)c3ccccc3oc2=O)cc1. The van der Waals surface area contributed by atoms with Gasteiger partial charge >= 0.3 is 5.63 Å². The lowest BCUT2D eigenvalue weighted by atomic mass is 9.97. The first-order chi connectivity index (χ1) is 14.6. The molecule has 30 heavy (non-hydrogen) atoms. The Bertz CT molecular complexity index is 1460. The lowest BCUT2D eigenvalue weighted by Crippen LogP contribution is -2.04. The number of hydrogen-bond donors (Lipinski definition) is 2. The van der Waals surface area contributed by atoms with Crippen LogP contribution in [-0.2, 0) is 0 Å². The van der Waals surface area contributed by atoms with E-state index in [4.69, 9.17) is 9.15 Å². The van der Waals surface area contributed by atoms with Gasteiger partial charge in [-0.25, -0.2) is 4.79 Å². The molecule has 0 saturated carbocycles. The van der Waals surface area contributed by atoms with Gasteiger partial charge in [-0.15, -0.1) is 0 Å². The maximum atomic E-state index is 13.0. The Hall–Kier alpha value is -3.99. The Kier molecular flexibility index (Phi) is 4.10. The van der Waals surface area contributed by atoms with E-state index in [0.717, 1.165) is 33.5 Å². The van der Waals surface area contributed by atoms with Crippen LogP contribution in [0.15, 0.2) is 75.9 Å². The maximum Gasteiger partial charge on any atom is 0.348 e. The monoisotopic (exact) mass is 397 g/mol. The maximum absolute atomic E-state index is 13.0. The second-order valence-electron chi connectivity index (χ2n) is 7.26. The van der Waals surface area contributed by atoms with Crippen molar-refractivity contribution < 1.29 is 14.3 Å². The van der Waals surface area contributed by atoms with Crippen molar-refractivity contribution in [3.05, 3.63) is 82.7 Å². The van der Waals surface area contributed by atoms with Gasteiger partial charge in [0.25, 0.3) is 0 Å². The number of aromatic hydroxyl groups is 1. The first kappa shape index (κ1) is 18.1. The van der Waals surface area contributed by atoms with Crippen molar-refractivity contribution in [2.45, 2.75) is 6.92 Å². The number of aromatic amines is 1. The number of rotatable bonds is 3. The summed E-state index contributed by atoms with van der Waals surface area (Å²) in [5, 5.41) is 12.4. The number of aromatic nitrogens is 1. The summed E-state index contributed by atoms with van der Waals surface area (Å²) in [6.45, 7) is 1.99. The largest absolute Gasteiger partial charge is 0.506 e. The number of methoxy groups -OCH3 is 1. The molecule has 148 valence electrons. The van der Waals surface area contributed by atoms with Crippen LogP contribution >= 0.6 is 0 Å².